The lowest BCUT2D eigenvalue weighted by Crippen LogP contribution is -2.38. The number of nitrogens with zero attached hydrogens (tertiary/aromatic N) is 3. The number of carbonyl (C=O) groups is 1. The lowest BCUT2D eigenvalue weighted by molar-refractivity contribution is -0.151. The number of nitrogens with one attached hydrogen (secondary N) is 1. The molecule has 0 saturated carbocycles. The van der Waals surface area contributed by atoms with E-state index in [1.807, 2.05) is 81.6 Å². The number of pyridine rings is 1. The van der Waals surface area contributed by atoms with E-state index in [4.69, 9.17) is 4.74 Å². The molecule has 3 heterocycles. The minimum absolute atomic E-state index is 0.141. The summed E-state index contributed by atoms with van der Waals surface area (Å²) >= 11 is 1.74. The molecule has 7 nitrogen and oxygen atoms in total. The maximum Gasteiger partial charge on any atom is 0.310 e. The van der Waals surface area contributed by atoms with Gasteiger partial charge in [-0.3, -0.25) is 9.78 Å². The van der Waals surface area contributed by atoms with Crippen molar-refractivity contribution < 1.29 is 19.0 Å². The first-order valence-electron chi connectivity index (χ1n) is 15.6. The molecule has 5 aromatic rings. The van der Waals surface area contributed by atoms with Crippen LogP contribution in [0.25, 0.3) is 22.3 Å². The lowest BCUT2D eigenvalue weighted by atomic mass is 9.67. The summed E-state index contributed by atoms with van der Waals surface area (Å²) in [6, 6.07) is 17.8. The number of rotatable bonds is 12. The van der Waals surface area contributed by atoms with Gasteiger partial charge in [0.25, 0.3) is 0 Å². The molecule has 0 fully saturated rings. The molecule has 0 saturated heterocycles. The van der Waals surface area contributed by atoms with Gasteiger partial charge in [0, 0.05) is 43.9 Å². The largest absolute Gasteiger partial charge is 0.487 e. The van der Waals surface area contributed by atoms with Crippen LogP contribution in [0.1, 0.15) is 75.9 Å². The van der Waals surface area contributed by atoms with Crippen molar-refractivity contribution in [3.63, 3.8) is 0 Å². The molecule has 3 aromatic heterocycles. The van der Waals surface area contributed by atoms with Gasteiger partial charge >= 0.3 is 5.97 Å². The smallest absolute Gasteiger partial charge is 0.310 e. The SMILES string of the molecule is CCC(CC)(C(=O)O)C(Cc1ccc(-c2ncc(F)cn2)cc1)c1[nH]c2ccc(OCc3ccc(C)cn3)cc2c1SC(C)(C)C. The summed E-state index contributed by atoms with van der Waals surface area (Å²) in [4.78, 5) is 30.6. The molecular formula is C37H41FN4O3S. The second-order valence-corrected chi connectivity index (χ2v) is 14.6. The fraction of sp³-hybridized carbons (Fsp3) is 0.351. The highest BCUT2D eigenvalue weighted by Gasteiger charge is 2.45. The average Bonchev–Trinajstić information content (AvgIpc) is 3.37. The summed E-state index contributed by atoms with van der Waals surface area (Å²) in [5, 5.41) is 11.8. The number of aliphatic carboxylic acids is 1. The van der Waals surface area contributed by atoms with Gasteiger partial charge in [0.1, 0.15) is 12.4 Å². The zero-order chi connectivity index (χ0) is 33.1. The van der Waals surface area contributed by atoms with Crippen LogP contribution in [0, 0.1) is 18.2 Å². The van der Waals surface area contributed by atoms with E-state index in [0.717, 1.165) is 62.0 Å². The molecule has 0 radical (unpaired) electrons. The second-order valence-electron chi connectivity index (χ2n) is 12.8. The Labute approximate surface area is 274 Å². The number of aryl methyl sites for hydroxylation is 1. The highest BCUT2D eigenvalue weighted by atomic mass is 32.2. The minimum Gasteiger partial charge on any atom is -0.487 e. The maximum absolute atomic E-state index is 13.4. The lowest BCUT2D eigenvalue weighted by Gasteiger charge is -2.36. The summed E-state index contributed by atoms with van der Waals surface area (Å²) in [6.07, 6.45) is 5.58. The summed E-state index contributed by atoms with van der Waals surface area (Å²) in [5.41, 5.74) is 4.54. The second kappa shape index (κ2) is 13.6. The van der Waals surface area contributed by atoms with Crippen molar-refractivity contribution in [2.24, 2.45) is 5.41 Å². The Morgan fingerprint density at radius 1 is 0.978 bits per heavy atom. The van der Waals surface area contributed by atoms with Crippen LogP contribution < -0.4 is 4.74 Å². The fourth-order valence-electron chi connectivity index (χ4n) is 5.91. The van der Waals surface area contributed by atoms with Gasteiger partial charge in [-0.05, 0) is 61.6 Å². The van der Waals surface area contributed by atoms with Gasteiger partial charge < -0.3 is 14.8 Å². The molecule has 1 atom stereocenters. The Morgan fingerprint density at radius 2 is 1.67 bits per heavy atom. The molecule has 0 aliphatic heterocycles. The number of H-pyrrole nitrogens is 1. The van der Waals surface area contributed by atoms with Crippen LogP contribution in [0.5, 0.6) is 5.75 Å². The predicted octanol–water partition coefficient (Wildman–Crippen LogP) is 9.15. The van der Waals surface area contributed by atoms with E-state index in [2.05, 4.69) is 40.7 Å². The van der Waals surface area contributed by atoms with Gasteiger partial charge in [0.05, 0.1) is 23.5 Å². The van der Waals surface area contributed by atoms with Gasteiger partial charge in [-0.25, -0.2) is 14.4 Å². The molecule has 2 N–H and O–H groups in total. The monoisotopic (exact) mass is 640 g/mol. The molecule has 0 amide bonds. The van der Waals surface area contributed by atoms with Crippen LogP contribution in [-0.2, 0) is 17.8 Å². The summed E-state index contributed by atoms with van der Waals surface area (Å²) in [5.74, 6) is -0.495. The van der Waals surface area contributed by atoms with E-state index in [1.54, 1.807) is 11.8 Å². The first-order chi connectivity index (χ1) is 21.9. The maximum atomic E-state index is 13.4. The third-order valence-corrected chi connectivity index (χ3v) is 9.75. The highest BCUT2D eigenvalue weighted by molar-refractivity contribution is 8.00. The third kappa shape index (κ3) is 7.25. The Hall–Kier alpha value is -4.24. The standard InChI is InChI=1S/C37H41FN4O3S/c1-7-37(8-2,35(43)44)30(17-24-10-12-25(13-11-24)34-40-20-26(38)21-41-34)32-33(46-36(4,5)6)29-18-28(15-16-31(29)42-32)45-22-27-14-9-23(3)19-39-27/h9-16,18-21,30,42H,7-8,17,22H2,1-6H3,(H,43,44). The van der Waals surface area contributed by atoms with Crippen molar-refractivity contribution in [1.29, 1.82) is 0 Å². The van der Waals surface area contributed by atoms with E-state index in [9.17, 15) is 14.3 Å². The number of thioether (sulfide) groups is 1. The van der Waals surface area contributed by atoms with Crippen LogP contribution >= 0.6 is 11.8 Å². The number of aromatic nitrogens is 4. The molecule has 0 aliphatic rings. The molecule has 240 valence electrons. The van der Waals surface area contributed by atoms with Gasteiger partial charge in [-0.2, -0.15) is 0 Å². The number of carboxylic acids is 1. The molecular weight excluding hydrogens is 599 g/mol. The number of aromatic amines is 1. The number of hydrogen-bond acceptors (Lipinski definition) is 6. The van der Waals surface area contributed by atoms with Gasteiger partial charge in [-0.1, -0.05) is 65.0 Å². The molecule has 46 heavy (non-hydrogen) atoms. The van der Waals surface area contributed by atoms with Crippen LogP contribution in [0.15, 0.2) is 78.1 Å². The van der Waals surface area contributed by atoms with E-state index < -0.39 is 17.2 Å². The first kappa shape index (κ1) is 33.1. The number of ether oxygens (including phenoxy) is 1. The Morgan fingerprint density at radius 3 is 2.26 bits per heavy atom. The minimum atomic E-state index is -1.01. The van der Waals surface area contributed by atoms with Gasteiger partial charge in [0.15, 0.2) is 11.6 Å². The number of carboxylic acid groups (broad SMARTS) is 1. The van der Waals surface area contributed by atoms with Crippen LogP contribution in [0.3, 0.4) is 0 Å². The van der Waals surface area contributed by atoms with Crippen molar-refractivity contribution in [3.05, 3.63) is 102 Å². The Bertz CT molecular complexity index is 1790. The number of fused-ring (bicyclic) bond motifs is 1. The third-order valence-electron chi connectivity index (χ3n) is 8.49. The van der Waals surface area contributed by atoms with E-state index in [1.165, 1.54) is 0 Å². The highest BCUT2D eigenvalue weighted by Crippen LogP contribution is 2.50. The molecule has 5 rings (SSSR count). The normalized spacial score (nSPS) is 12.8. The van der Waals surface area contributed by atoms with Crippen molar-refractivity contribution in [2.75, 3.05) is 0 Å². The van der Waals surface area contributed by atoms with Gasteiger partial charge in [-0.15, -0.1) is 11.8 Å². The summed E-state index contributed by atoms with van der Waals surface area (Å²) < 4.78 is 19.4. The average molecular weight is 641 g/mol. The predicted molar refractivity (Wildman–Crippen MR) is 182 cm³/mol. The van der Waals surface area contributed by atoms with Crippen molar-refractivity contribution >= 4 is 28.6 Å². The molecule has 1 unspecified atom stereocenters. The van der Waals surface area contributed by atoms with E-state index >= 15 is 0 Å². The zero-order valence-electron chi connectivity index (χ0n) is 27.2. The number of benzene rings is 2. The summed E-state index contributed by atoms with van der Waals surface area (Å²) in [6.45, 7) is 12.8. The molecule has 0 bridgehead atoms. The molecule has 9 heteroatoms. The number of hydrogen-bond donors (Lipinski definition) is 2. The summed E-state index contributed by atoms with van der Waals surface area (Å²) in [7, 11) is 0. The van der Waals surface area contributed by atoms with Crippen LogP contribution in [0.4, 0.5) is 4.39 Å². The fourth-order valence-corrected chi connectivity index (χ4v) is 7.11. The topological polar surface area (TPSA) is 101 Å². The van der Waals surface area contributed by atoms with Crippen molar-refractivity contribution in [1.82, 2.24) is 19.9 Å². The molecule has 0 aliphatic carbocycles. The van der Waals surface area contributed by atoms with Crippen LogP contribution in [-0.4, -0.2) is 35.8 Å². The molecule has 2 aromatic carbocycles. The Balaban J connectivity index is 1.58. The van der Waals surface area contributed by atoms with Crippen LogP contribution in [0.2, 0.25) is 0 Å². The first-order valence-corrected chi connectivity index (χ1v) is 16.4. The molecule has 0 spiro atoms. The van der Waals surface area contributed by atoms with Crippen molar-refractivity contribution in [2.45, 2.75) is 83.0 Å². The zero-order valence-corrected chi connectivity index (χ0v) is 28.0. The van der Waals surface area contributed by atoms with E-state index in [-0.39, 0.29) is 10.7 Å². The Kier molecular flexibility index (Phi) is 9.82. The van der Waals surface area contributed by atoms with Crippen molar-refractivity contribution in [3.8, 4) is 17.1 Å². The van der Waals surface area contributed by atoms with E-state index in [0.29, 0.717) is 31.7 Å². The van der Waals surface area contributed by atoms with Gasteiger partial charge in [0.2, 0.25) is 0 Å². The number of halogens is 1. The quantitative estimate of drug-likeness (QED) is 0.131.